The zero-order valence-corrected chi connectivity index (χ0v) is 11.0. The summed E-state index contributed by atoms with van der Waals surface area (Å²) in [6.07, 6.45) is 6.63. The summed E-state index contributed by atoms with van der Waals surface area (Å²) in [5.41, 5.74) is 10.3. The molecule has 1 heterocycles. The van der Waals surface area contributed by atoms with E-state index < -0.39 is 0 Å². The van der Waals surface area contributed by atoms with E-state index in [1.807, 2.05) is 37.4 Å². The lowest BCUT2D eigenvalue weighted by Crippen LogP contribution is -2.19. The van der Waals surface area contributed by atoms with E-state index in [0.717, 1.165) is 28.8 Å². The number of para-hydroxylation sites is 1. The van der Waals surface area contributed by atoms with E-state index in [4.69, 9.17) is 17.3 Å². The number of nitrogens with two attached hydrogens (primary N) is 1. The first-order chi connectivity index (χ1) is 8.57. The van der Waals surface area contributed by atoms with E-state index in [1.54, 1.807) is 0 Å². The van der Waals surface area contributed by atoms with Crippen molar-refractivity contribution in [2.24, 2.45) is 5.73 Å². The molecule has 1 atom stereocenters. The first-order valence-corrected chi connectivity index (χ1v) is 6.38. The van der Waals surface area contributed by atoms with Gasteiger partial charge in [-0.1, -0.05) is 24.3 Å². The molecule has 3 heteroatoms. The minimum atomic E-state index is -0.351. The van der Waals surface area contributed by atoms with Gasteiger partial charge in [0.2, 0.25) is 0 Å². The van der Waals surface area contributed by atoms with Gasteiger partial charge in [0.05, 0.1) is 4.87 Å². The van der Waals surface area contributed by atoms with Crippen LogP contribution in [0.2, 0.25) is 0 Å². The number of allylic oxidation sites excluding steroid dienone is 3. The Hall–Kier alpha value is -1.67. The monoisotopic (exact) mass is 258 g/mol. The Bertz CT molecular complexity index is 662. The summed E-state index contributed by atoms with van der Waals surface area (Å²) in [6, 6.07) is 8.22. The number of fused-ring (bicyclic) bond motifs is 1. The molecule has 0 spiro atoms. The van der Waals surface area contributed by atoms with Crippen LogP contribution in [0.4, 0.5) is 0 Å². The third kappa shape index (κ3) is 1.83. The van der Waals surface area contributed by atoms with Gasteiger partial charge in [0.1, 0.15) is 0 Å². The highest BCUT2D eigenvalue weighted by atomic mass is 35.5. The lowest BCUT2D eigenvalue weighted by atomic mass is 9.88. The summed E-state index contributed by atoms with van der Waals surface area (Å²) < 4.78 is 0. The molecule has 2 nitrogen and oxygen atoms in total. The number of hydrogen-bond donors (Lipinski definition) is 2. The third-order valence-corrected chi connectivity index (χ3v) is 3.66. The van der Waals surface area contributed by atoms with Gasteiger partial charge < -0.3 is 10.7 Å². The summed E-state index contributed by atoms with van der Waals surface area (Å²) in [4.78, 5) is 2.93. The fourth-order valence-corrected chi connectivity index (χ4v) is 2.64. The van der Waals surface area contributed by atoms with E-state index in [-0.39, 0.29) is 4.87 Å². The van der Waals surface area contributed by atoms with Gasteiger partial charge in [-0.05, 0) is 31.1 Å². The van der Waals surface area contributed by atoms with Crippen LogP contribution in [0.1, 0.15) is 18.9 Å². The van der Waals surface area contributed by atoms with Crippen LogP contribution >= 0.6 is 11.6 Å². The van der Waals surface area contributed by atoms with E-state index >= 15 is 0 Å². The fraction of sp³-hybridized carbons (Fsp3) is 0.200. The zero-order valence-electron chi connectivity index (χ0n) is 10.2. The van der Waals surface area contributed by atoms with Crippen molar-refractivity contribution in [3.05, 3.63) is 53.9 Å². The lowest BCUT2D eigenvalue weighted by Gasteiger charge is -2.24. The molecule has 1 aromatic carbocycles. The molecule has 1 aliphatic carbocycles. The summed E-state index contributed by atoms with van der Waals surface area (Å²) in [7, 11) is 0. The van der Waals surface area contributed by atoms with Gasteiger partial charge in [0, 0.05) is 28.4 Å². The molecular weight excluding hydrogens is 244 g/mol. The smallest absolute Gasteiger partial charge is 0.0642 e. The number of aromatic amines is 1. The van der Waals surface area contributed by atoms with Crippen LogP contribution in [-0.4, -0.2) is 9.86 Å². The maximum Gasteiger partial charge on any atom is 0.0642 e. The molecule has 3 N–H and O–H groups in total. The second kappa shape index (κ2) is 3.92. The number of hydrogen-bond acceptors (Lipinski definition) is 1. The molecule has 0 bridgehead atoms. The van der Waals surface area contributed by atoms with E-state index in [1.165, 1.54) is 5.39 Å². The van der Waals surface area contributed by atoms with Crippen molar-refractivity contribution >= 4 is 28.1 Å². The van der Waals surface area contributed by atoms with Gasteiger partial charge in [-0.2, -0.15) is 0 Å². The van der Waals surface area contributed by atoms with Gasteiger partial charge >= 0.3 is 0 Å². The highest BCUT2D eigenvalue weighted by Gasteiger charge is 2.25. The molecule has 0 radical (unpaired) electrons. The Morgan fingerprint density at radius 1 is 1.33 bits per heavy atom. The average molecular weight is 259 g/mol. The van der Waals surface area contributed by atoms with Crippen LogP contribution in [0.15, 0.2) is 48.3 Å². The number of alkyl halides is 1. The summed E-state index contributed by atoms with van der Waals surface area (Å²) >= 11 is 6.41. The minimum Gasteiger partial charge on any atom is -0.398 e. The predicted molar refractivity (Wildman–Crippen MR) is 77.4 cm³/mol. The Balaban J connectivity index is 2.18. The molecule has 92 valence electrons. The number of nitrogens with one attached hydrogen (secondary N) is 1. The van der Waals surface area contributed by atoms with E-state index in [0.29, 0.717) is 0 Å². The van der Waals surface area contributed by atoms with Crippen LogP contribution in [0.5, 0.6) is 0 Å². The van der Waals surface area contributed by atoms with E-state index in [2.05, 4.69) is 17.1 Å². The number of halogens is 1. The van der Waals surface area contributed by atoms with Crippen molar-refractivity contribution in [2.45, 2.75) is 18.2 Å². The first kappa shape index (κ1) is 11.4. The zero-order chi connectivity index (χ0) is 12.8. The molecule has 0 aliphatic heterocycles. The number of aromatic nitrogens is 1. The molecule has 0 amide bonds. The Morgan fingerprint density at radius 2 is 2.11 bits per heavy atom. The highest BCUT2D eigenvalue weighted by Crippen LogP contribution is 2.38. The molecule has 3 rings (SSSR count). The van der Waals surface area contributed by atoms with Gasteiger partial charge in [-0.3, -0.25) is 0 Å². The minimum absolute atomic E-state index is 0.351. The van der Waals surface area contributed by atoms with Crippen molar-refractivity contribution in [2.75, 3.05) is 0 Å². The highest BCUT2D eigenvalue weighted by molar-refractivity contribution is 6.26. The van der Waals surface area contributed by atoms with Crippen LogP contribution in [-0.2, 0) is 0 Å². The van der Waals surface area contributed by atoms with E-state index in [9.17, 15) is 0 Å². The van der Waals surface area contributed by atoms with Gasteiger partial charge in [0.25, 0.3) is 0 Å². The Morgan fingerprint density at radius 3 is 2.94 bits per heavy atom. The molecule has 1 unspecified atom stereocenters. The van der Waals surface area contributed by atoms with Crippen molar-refractivity contribution in [1.29, 1.82) is 0 Å². The molecule has 18 heavy (non-hydrogen) atoms. The molecule has 2 aromatic rings. The SMILES string of the molecule is CC1(Cl)C=CC(N)=C(c2c[nH]c3ccccc23)C1. The van der Waals surface area contributed by atoms with Crippen molar-refractivity contribution < 1.29 is 0 Å². The predicted octanol–water partition coefficient (Wildman–Crippen LogP) is 3.80. The van der Waals surface area contributed by atoms with Crippen LogP contribution in [0.3, 0.4) is 0 Å². The van der Waals surface area contributed by atoms with Crippen LogP contribution < -0.4 is 5.73 Å². The maximum atomic E-state index is 6.41. The fourth-order valence-electron chi connectivity index (χ4n) is 2.44. The second-order valence-corrected chi connectivity index (χ2v) is 5.83. The quantitative estimate of drug-likeness (QED) is 0.751. The molecule has 0 saturated carbocycles. The Kier molecular flexibility index (Phi) is 2.49. The summed E-state index contributed by atoms with van der Waals surface area (Å²) in [5.74, 6) is 0. The maximum absolute atomic E-state index is 6.41. The normalized spacial score (nSPS) is 23.9. The van der Waals surface area contributed by atoms with Crippen molar-refractivity contribution in [3.8, 4) is 0 Å². The van der Waals surface area contributed by atoms with Gasteiger partial charge in [-0.15, -0.1) is 11.6 Å². The number of rotatable bonds is 1. The Labute approximate surface area is 111 Å². The summed E-state index contributed by atoms with van der Waals surface area (Å²) in [5, 5.41) is 1.19. The van der Waals surface area contributed by atoms with Crippen LogP contribution in [0.25, 0.3) is 16.5 Å². The molecule has 0 fully saturated rings. The average Bonchev–Trinajstić information content (AvgIpc) is 2.76. The lowest BCUT2D eigenvalue weighted by molar-refractivity contribution is 0.789. The largest absolute Gasteiger partial charge is 0.398 e. The van der Waals surface area contributed by atoms with Crippen LogP contribution in [0, 0.1) is 0 Å². The van der Waals surface area contributed by atoms with Gasteiger partial charge in [0.15, 0.2) is 0 Å². The number of H-pyrrole nitrogens is 1. The van der Waals surface area contributed by atoms with Crippen molar-refractivity contribution in [3.63, 3.8) is 0 Å². The first-order valence-electron chi connectivity index (χ1n) is 6.00. The van der Waals surface area contributed by atoms with Gasteiger partial charge in [-0.25, -0.2) is 0 Å². The second-order valence-electron chi connectivity index (χ2n) is 4.97. The molecule has 1 aliphatic rings. The molecular formula is C15H15ClN2. The van der Waals surface area contributed by atoms with Crippen molar-refractivity contribution in [1.82, 2.24) is 4.98 Å². The number of benzene rings is 1. The standard InChI is InChI=1S/C15H15ClN2/c1-15(16)7-6-13(17)11(8-15)12-9-18-14-5-3-2-4-10(12)14/h2-7,9,18H,8,17H2,1H3. The third-order valence-electron chi connectivity index (χ3n) is 3.40. The molecule has 1 aromatic heterocycles. The molecule has 0 saturated heterocycles. The summed E-state index contributed by atoms with van der Waals surface area (Å²) in [6.45, 7) is 2.01. The topological polar surface area (TPSA) is 41.8 Å².